The van der Waals surface area contributed by atoms with Gasteiger partial charge in [-0.2, -0.15) is 0 Å². The zero-order chi connectivity index (χ0) is 17.4. The number of carbonyl (C=O) groups is 3. The highest BCUT2D eigenvalue weighted by Gasteiger charge is 2.48. The molecule has 7 nitrogen and oxygen atoms in total. The van der Waals surface area contributed by atoms with Gasteiger partial charge in [0.05, 0.1) is 30.7 Å². The first-order chi connectivity index (χ1) is 11.4. The maximum absolute atomic E-state index is 13.2. The molecule has 3 aliphatic heterocycles. The molecule has 3 fully saturated rings. The number of hydrogen-bond donors (Lipinski definition) is 3. The lowest BCUT2D eigenvalue weighted by atomic mass is 9.92. The molecule has 3 N–H and O–H groups in total. The number of ketones is 2. The topological polar surface area (TPSA) is 98.7 Å². The summed E-state index contributed by atoms with van der Waals surface area (Å²) in [6, 6.07) is -0.991. The van der Waals surface area contributed by atoms with Crippen LogP contribution in [0.25, 0.3) is 0 Å². The first-order valence-corrected chi connectivity index (χ1v) is 8.93. The largest absolute Gasteiger partial charge is 0.396 e. The average Bonchev–Trinajstić information content (AvgIpc) is 2.94. The molecule has 3 aliphatic rings. The van der Waals surface area contributed by atoms with Crippen LogP contribution in [0.4, 0.5) is 0 Å². The van der Waals surface area contributed by atoms with Crippen molar-refractivity contribution in [3.8, 4) is 0 Å². The van der Waals surface area contributed by atoms with Gasteiger partial charge in [-0.15, -0.1) is 0 Å². The standard InChI is InChI=1S/C17H27N3O4/c1-9-14(22)7-18-10(2)19-15-11(8-21)3-4-12-5-6-13(16(9)23)20(12)17(15)24/h9-13,15,18-19,21H,3-8H2,1-2H3/t9?,10?,11-,12+,13+,15+/m1/s1. The monoisotopic (exact) mass is 337 g/mol. The minimum atomic E-state index is -0.699. The molecule has 6 atom stereocenters. The number of nitrogens with one attached hydrogen (secondary N) is 2. The van der Waals surface area contributed by atoms with Gasteiger partial charge in [-0.3, -0.25) is 25.0 Å². The molecule has 3 saturated heterocycles. The van der Waals surface area contributed by atoms with E-state index in [1.54, 1.807) is 11.8 Å². The Morgan fingerprint density at radius 2 is 1.83 bits per heavy atom. The van der Waals surface area contributed by atoms with Crippen LogP contribution in [0.5, 0.6) is 0 Å². The number of aliphatic hydroxyl groups is 1. The minimum Gasteiger partial charge on any atom is -0.396 e. The van der Waals surface area contributed by atoms with E-state index < -0.39 is 18.0 Å². The van der Waals surface area contributed by atoms with Crippen LogP contribution in [-0.4, -0.2) is 64.9 Å². The number of nitrogens with zero attached hydrogens (tertiary/aromatic N) is 1. The maximum Gasteiger partial charge on any atom is 0.240 e. The third kappa shape index (κ3) is 3.00. The molecule has 24 heavy (non-hydrogen) atoms. The fraction of sp³-hybridized carbons (Fsp3) is 0.824. The summed E-state index contributed by atoms with van der Waals surface area (Å²) in [6.45, 7) is 3.53. The van der Waals surface area contributed by atoms with Crippen molar-refractivity contribution in [2.24, 2.45) is 11.8 Å². The molecule has 0 radical (unpaired) electrons. The second-order valence-corrected chi connectivity index (χ2v) is 7.35. The summed E-state index contributed by atoms with van der Waals surface area (Å²) in [5.74, 6) is -1.26. The van der Waals surface area contributed by atoms with Crippen LogP contribution >= 0.6 is 0 Å². The molecule has 0 aromatic rings. The van der Waals surface area contributed by atoms with Gasteiger partial charge in [0.25, 0.3) is 0 Å². The van der Waals surface area contributed by atoms with Crippen LogP contribution in [0.15, 0.2) is 0 Å². The molecule has 0 aromatic carbocycles. The Morgan fingerprint density at radius 1 is 1.12 bits per heavy atom. The lowest BCUT2D eigenvalue weighted by Crippen LogP contribution is -2.57. The van der Waals surface area contributed by atoms with E-state index in [0.717, 1.165) is 19.3 Å². The summed E-state index contributed by atoms with van der Waals surface area (Å²) in [6.07, 6.45) is 2.72. The first-order valence-electron chi connectivity index (χ1n) is 8.93. The third-order valence-electron chi connectivity index (χ3n) is 5.85. The zero-order valence-electron chi connectivity index (χ0n) is 14.3. The van der Waals surface area contributed by atoms with Gasteiger partial charge >= 0.3 is 0 Å². The number of hydrogen-bond acceptors (Lipinski definition) is 6. The van der Waals surface area contributed by atoms with Crippen LogP contribution in [0.1, 0.15) is 39.5 Å². The summed E-state index contributed by atoms with van der Waals surface area (Å²) >= 11 is 0. The van der Waals surface area contributed by atoms with Crippen LogP contribution in [0.2, 0.25) is 0 Å². The molecule has 1 amide bonds. The van der Waals surface area contributed by atoms with Crippen molar-refractivity contribution in [3.63, 3.8) is 0 Å². The van der Waals surface area contributed by atoms with Crippen LogP contribution in [0.3, 0.4) is 0 Å². The Bertz CT molecular complexity index is 538. The molecule has 2 bridgehead atoms. The summed E-state index contributed by atoms with van der Waals surface area (Å²) in [4.78, 5) is 40.0. The molecule has 0 spiro atoms. The van der Waals surface area contributed by atoms with E-state index >= 15 is 0 Å². The van der Waals surface area contributed by atoms with Gasteiger partial charge in [-0.1, -0.05) is 0 Å². The molecule has 3 rings (SSSR count). The van der Waals surface area contributed by atoms with Gasteiger partial charge < -0.3 is 10.0 Å². The van der Waals surface area contributed by atoms with Crippen molar-refractivity contribution < 1.29 is 19.5 Å². The first kappa shape index (κ1) is 17.5. The smallest absolute Gasteiger partial charge is 0.240 e. The predicted octanol–water partition coefficient (Wildman–Crippen LogP) is -0.570. The van der Waals surface area contributed by atoms with Crippen molar-refractivity contribution in [2.75, 3.05) is 13.2 Å². The predicted molar refractivity (Wildman–Crippen MR) is 87.0 cm³/mol. The number of rotatable bonds is 1. The summed E-state index contributed by atoms with van der Waals surface area (Å²) in [7, 11) is 0. The van der Waals surface area contributed by atoms with E-state index in [1.807, 2.05) is 6.92 Å². The lowest BCUT2D eigenvalue weighted by molar-refractivity contribution is -0.144. The van der Waals surface area contributed by atoms with E-state index in [9.17, 15) is 19.5 Å². The van der Waals surface area contributed by atoms with Crippen LogP contribution in [-0.2, 0) is 14.4 Å². The average molecular weight is 337 g/mol. The molecule has 0 saturated carbocycles. The van der Waals surface area contributed by atoms with Crippen molar-refractivity contribution in [2.45, 2.75) is 63.8 Å². The van der Waals surface area contributed by atoms with E-state index in [4.69, 9.17) is 0 Å². The van der Waals surface area contributed by atoms with Gasteiger partial charge in [0, 0.05) is 18.6 Å². The Balaban J connectivity index is 1.99. The fourth-order valence-electron chi connectivity index (χ4n) is 4.30. The Hall–Kier alpha value is -1.31. The minimum absolute atomic E-state index is 0.0404. The lowest BCUT2D eigenvalue weighted by Gasteiger charge is -2.33. The Kier molecular flexibility index (Phi) is 5.03. The molecule has 3 heterocycles. The number of carbonyl (C=O) groups excluding carboxylic acids is 3. The van der Waals surface area contributed by atoms with Gasteiger partial charge in [-0.05, 0) is 39.5 Å². The summed E-state index contributed by atoms with van der Waals surface area (Å²) in [5, 5.41) is 16.0. The number of fused-ring (bicyclic) bond motifs is 1. The quantitative estimate of drug-likeness (QED) is 0.554. The van der Waals surface area contributed by atoms with Gasteiger partial charge in [0.1, 0.15) is 0 Å². The van der Waals surface area contributed by atoms with Gasteiger partial charge in [0.2, 0.25) is 5.91 Å². The zero-order valence-corrected chi connectivity index (χ0v) is 14.3. The van der Waals surface area contributed by atoms with E-state index in [0.29, 0.717) is 6.42 Å². The molecule has 134 valence electrons. The Morgan fingerprint density at radius 3 is 2.54 bits per heavy atom. The summed E-state index contributed by atoms with van der Waals surface area (Å²) in [5.41, 5.74) is 0. The molecular weight excluding hydrogens is 310 g/mol. The fourth-order valence-corrected chi connectivity index (χ4v) is 4.30. The SMILES string of the molecule is CC1NCC(=O)C(C)C(=O)[C@@H]2CC[C@@H]3CC[C@H](CO)[C@H](N1)C(=O)N32. The van der Waals surface area contributed by atoms with Gasteiger partial charge in [-0.25, -0.2) is 0 Å². The normalized spacial score (nSPS) is 41.1. The second-order valence-electron chi connectivity index (χ2n) is 7.35. The maximum atomic E-state index is 13.2. The van der Waals surface area contributed by atoms with Crippen molar-refractivity contribution in [1.29, 1.82) is 0 Å². The van der Waals surface area contributed by atoms with E-state index in [1.165, 1.54) is 0 Å². The van der Waals surface area contributed by atoms with Gasteiger partial charge in [0.15, 0.2) is 11.6 Å². The van der Waals surface area contributed by atoms with Crippen molar-refractivity contribution >= 4 is 17.5 Å². The third-order valence-corrected chi connectivity index (χ3v) is 5.85. The van der Waals surface area contributed by atoms with E-state index in [-0.39, 0.29) is 48.8 Å². The highest BCUT2D eigenvalue weighted by molar-refractivity contribution is 6.06. The molecule has 0 aromatic heterocycles. The molecule has 0 aliphatic carbocycles. The summed E-state index contributed by atoms with van der Waals surface area (Å²) < 4.78 is 0. The second kappa shape index (κ2) is 6.90. The van der Waals surface area contributed by atoms with Crippen molar-refractivity contribution in [3.05, 3.63) is 0 Å². The van der Waals surface area contributed by atoms with E-state index in [2.05, 4.69) is 10.6 Å². The highest BCUT2D eigenvalue weighted by Crippen LogP contribution is 2.35. The molecule has 7 heteroatoms. The van der Waals surface area contributed by atoms with Crippen LogP contribution in [0, 0.1) is 11.8 Å². The van der Waals surface area contributed by atoms with Crippen molar-refractivity contribution in [1.82, 2.24) is 15.5 Å². The molecule has 2 unspecified atom stereocenters. The number of Topliss-reactive ketones (excluding diaryl/α,β-unsaturated/α-hetero) is 2. The molecular formula is C17H27N3O4. The number of amides is 1. The highest BCUT2D eigenvalue weighted by atomic mass is 16.3. The number of aliphatic hydroxyl groups excluding tert-OH is 1. The van der Waals surface area contributed by atoms with Crippen LogP contribution < -0.4 is 10.6 Å². The Labute approximate surface area is 142 Å².